The molecule has 0 amide bonds. The number of H-pyrrole nitrogens is 2. The average molecular weight is 539 g/mol. The van der Waals surface area contributed by atoms with Gasteiger partial charge < -0.3 is 20.1 Å². The second kappa shape index (κ2) is 11.7. The highest BCUT2D eigenvalue weighted by molar-refractivity contribution is 6.21. The Morgan fingerprint density at radius 3 is 2.83 bits per heavy atom. The lowest BCUT2D eigenvalue weighted by atomic mass is 10.1. The Hall–Kier alpha value is -3.89. The number of hydrogen-bond acceptors (Lipinski definition) is 8. The molecule has 4 aromatic heterocycles. The van der Waals surface area contributed by atoms with E-state index >= 15 is 0 Å². The van der Waals surface area contributed by atoms with Crippen LogP contribution in [0.2, 0.25) is 0 Å². The summed E-state index contributed by atoms with van der Waals surface area (Å²) in [6.45, 7) is 9.93. The van der Waals surface area contributed by atoms with E-state index in [1.54, 1.807) is 7.05 Å². The van der Waals surface area contributed by atoms with E-state index in [-0.39, 0.29) is 0 Å². The first-order valence-corrected chi connectivity index (χ1v) is 14.2. The van der Waals surface area contributed by atoms with Gasteiger partial charge >= 0.3 is 0 Å². The molecule has 1 aliphatic carbocycles. The van der Waals surface area contributed by atoms with Gasteiger partial charge in [-0.1, -0.05) is 19.4 Å². The minimum atomic E-state index is 0.675. The molecule has 1 aliphatic heterocycles. The fraction of sp³-hybridized carbons (Fsp3) is 0.433. The summed E-state index contributed by atoms with van der Waals surface area (Å²) >= 11 is 0. The zero-order chi connectivity index (χ0) is 27.5. The van der Waals surface area contributed by atoms with Crippen molar-refractivity contribution in [1.29, 1.82) is 0 Å². The predicted octanol–water partition coefficient (Wildman–Crippen LogP) is 2.08. The second-order valence-electron chi connectivity index (χ2n) is 11.0. The van der Waals surface area contributed by atoms with E-state index in [0.717, 1.165) is 84.1 Å². The zero-order valence-electron chi connectivity index (χ0n) is 23.5. The van der Waals surface area contributed by atoms with Crippen LogP contribution < -0.4 is 20.8 Å². The number of fused-ring (bicyclic) bond motifs is 1. The monoisotopic (exact) mass is 538 g/mol. The molecule has 1 saturated heterocycles. The van der Waals surface area contributed by atoms with Gasteiger partial charge in [-0.05, 0) is 56.1 Å². The number of aliphatic imine (C=N–C) groups is 1. The van der Waals surface area contributed by atoms with Crippen molar-refractivity contribution in [2.45, 2.75) is 32.2 Å². The standard InChI is InChI=1S/C30H38N10/c1-20-24(15-26(31-2)23-14-22(18-33-19-23)17-32-16-21-6-4-5-7-21)27(38-37-20)29-35-25-8-9-34-30(28(25)36-29)40-12-10-39(3)11-13-40/h8-9,14-15,18-19,21,32,37H,1,4-7,10-13,16-17H2,2-3H3,(H,35,36)/b24-15+,31-26+. The van der Waals surface area contributed by atoms with Crippen molar-refractivity contribution in [3.8, 4) is 11.5 Å². The van der Waals surface area contributed by atoms with E-state index in [0.29, 0.717) is 16.9 Å². The largest absolute Gasteiger partial charge is 0.352 e. The lowest BCUT2D eigenvalue weighted by molar-refractivity contribution is 0.312. The number of hydrogen-bond donors (Lipinski definition) is 3. The first-order valence-electron chi connectivity index (χ1n) is 14.2. The SMILES string of the molecule is C=c1[nH]nc(-c2nc3c(N4CCN(C)CC4)nccc3[nH]2)/c1=C/C(=N\C)c1cncc(CNCC2CCCC2)c1. The van der Waals surface area contributed by atoms with Crippen molar-refractivity contribution in [2.75, 3.05) is 51.7 Å². The summed E-state index contributed by atoms with van der Waals surface area (Å²) in [5.74, 6) is 2.39. The molecule has 0 unspecified atom stereocenters. The number of rotatable bonds is 8. The first kappa shape index (κ1) is 26.3. The van der Waals surface area contributed by atoms with E-state index in [1.807, 2.05) is 30.7 Å². The molecule has 3 N–H and O–H groups in total. The Labute approximate surface area is 234 Å². The van der Waals surface area contributed by atoms with Crippen molar-refractivity contribution < 1.29 is 0 Å². The molecule has 5 heterocycles. The normalized spacial score (nSPS) is 17.9. The van der Waals surface area contributed by atoms with Gasteiger partial charge in [-0.3, -0.25) is 15.1 Å². The Balaban J connectivity index is 1.28. The number of aromatic nitrogens is 6. The molecule has 2 fully saturated rings. The lowest BCUT2D eigenvalue weighted by Gasteiger charge is -2.33. The van der Waals surface area contributed by atoms with Crippen LogP contribution in [0.1, 0.15) is 36.8 Å². The number of anilines is 1. The maximum Gasteiger partial charge on any atom is 0.159 e. The molecule has 40 heavy (non-hydrogen) atoms. The molecule has 1 saturated carbocycles. The van der Waals surface area contributed by atoms with Crippen LogP contribution >= 0.6 is 0 Å². The summed E-state index contributed by atoms with van der Waals surface area (Å²) in [4.78, 5) is 26.9. The molecule has 6 rings (SSSR count). The topological polar surface area (TPSA) is 114 Å². The Morgan fingerprint density at radius 1 is 1.20 bits per heavy atom. The number of pyridine rings is 2. The molecule has 0 aromatic carbocycles. The zero-order valence-corrected chi connectivity index (χ0v) is 23.5. The molecule has 4 aromatic rings. The molecule has 2 aliphatic rings. The molecule has 0 spiro atoms. The van der Waals surface area contributed by atoms with Crippen LogP contribution in [-0.2, 0) is 6.54 Å². The Morgan fingerprint density at radius 2 is 2.02 bits per heavy atom. The van der Waals surface area contributed by atoms with Crippen LogP contribution in [0.5, 0.6) is 0 Å². The molecule has 10 heteroatoms. The minimum absolute atomic E-state index is 0.675. The molecule has 0 atom stereocenters. The van der Waals surface area contributed by atoms with Crippen molar-refractivity contribution in [2.24, 2.45) is 10.9 Å². The summed E-state index contributed by atoms with van der Waals surface area (Å²) < 4.78 is 0. The summed E-state index contributed by atoms with van der Waals surface area (Å²) in [5, 5.41) is 12.8. The predicted molar refractivity (Wildman–Crippen MR) is 161 cm³/mol. The summed E-state index contributed by atoms with van der Waals surface area (Å²) in [6, 6.07) is 4.12. The first-order chi connectivity index (χ1) is 19.6. The number of piperazine rings is 1. The summed E-state index contributed by atoms with van der Waals surface area (Å²) in [7, 11) is 3.95. The number of likely N-dealkylation sites (N-methyl/N-ethyl adjacent to an activating group) is 1. The van der Waals surface area contributed by atoms with Crippen LogP contribution in [0.25, 0.3) is 35.2 Å². The van der Waals surface area contributed by atoms with Crippen molar-refractivity contribution in [1.82, 2.24) is 40.3 Å². The third kappa shape index (κ3) is 5.55. The molecule has 208 valence electrons. The lowest BCUT2D eigenvalue weighted by Crippen LogP contribution is -2.44. The molecular formula is C30H38N10. The van der Waals surface area contributed by atoms with E-state index in [9.17, 15) is 0 Å². The van der Waals surface area contributed by atoms with Crippen molar-refractivity contribution >= 4 is 35.2 Å². The van der Waals surface area contributed by atoms with Crippen LogP contribution in [0.15, 0.2) is 35.7 Å². The number of aromatic amines is 2. The van der Waals surface area contributed by atoms with Crippen LogP contribution in [0.3, 0.4) is 0 Å². The van der Waals surface area contributed by atoms with E-state index in [2.05, 4.69) is 65.0 Å². The molecule has 10 nitrogen and oxygen atoms in total. The van der Waals surface area contributed by atoms with Gasteiger partial charge in [0.25, 0.3) is 0 Å². The maximum absolute atomic E-state index is 4.97. The van der Waals surface area contributed by atoms with Gasteiger partial charge in [-0.15, -0.1) is 0 Å². The van der Waals surface area contributed by atoms with Gasteiger partial charge in [0.15, 0.2) is 11.6 Å². The highest BCUT2D eigenvalue weighted by Gasteiger charge is 2.21. The third-order valence-corrected chi connectivity index (χ3v) is 8.14. The van der Waals surface area contributed by atoms with Crippen molar-refractivity contribution in [3.63, 3.8) is 0 Å². The fourth-order valence-corrected chi connectivity index (χ4v) is 5.78. The molecule has 0 bridgehead atoms. The Kier molecular flexibility index (Phi) is 7.70. The number of imidazole rings is 1. The van der Waals surface area contributed by atoms with Gasteiger partial charge in [-0.25, -0.2) is 9.97 Å². The van der Waals surface area contributed by atoms with Gasteiger partial charge in [0, 0.05) is 69.1 Å². The van der Waals surface area contributed by atoms with Crippen molar-refractivity contribution in [3.05, 3.63) is 52.4 Å². The smallest absolute Gasteiger partial charge is 0.159 e. The van der Waals surface area contributed by atoms with Crippen LogP contribution in [0, 0.1) is 5.92 Å². The average Bonchev–Trinajstić information content (AvgIpc) is 3.72. The molecular weight excluding hydrogens is 500 g/mol. The minimum Gasteiger partial charge on any atom is -0.352 e. The van der Waals surface area contributed by atoms with Gasteiger partial charge in [0.05, 0.1) is 16.6 Å². The van der Waals surface area contributed by atoms with Gasteiger partial charge in [0.1, 0.15) is 11.2 Å². The van der Waals surface area contributed by atoms with Gasteiger partial charge in [-0.2, -0.15) is 5.10 Å². The van der Waals surface area contributed by atoms with Gasteiger partial charge in [0.2, 0.25) is 0 Å². The highest BCUT2D eigenvalue weighted by Crippen LogP contribution is 2.26. The van der Waals surface area contributed by atoms with Crippen LogP contribution in [-0.4, -0.2) is 87.6 Å². The second-order valence-corrected chi connectivity index (χ2v) is 11.0. The number of nitrogens with zero attached hydrogens (tertiary/aromatic N) is 7. The van der Waals surface area contributed by atoms with E-state index in [1.165, 1.54) is 25.7 Å². The van der Waals surface area contributed by atoms with E-state index in [4.69, 9.17) is 4.98 Å². The maximum atomic E-state index is 4.97. The fourth-order valence-electron chi connectivity index (χ4n) is 5.78. The highest BCUT2D eigenvalue weighted by atomic mass is 15.3. The Bertz CT molecular complexity index is 1600. The number of nitrogens with one attached hydrogen (secondary N) is 3. The summed E-state index contributed by atoms with van der Waals surface area (Å²) in [5.41, 5.74) is 5.41. The molecule has 0 radical (unpaired) electrons. The quantitative estimate of drug-likeness (QED) is 0.294. The summed E-state index contributed by atoms with van der Waals surface area (Å²) in [6.07, 6.45) is 13.0. The third-order valence-electron chi connectivity index (χ3n) is 8.14. The van der Waals surface area contributed by atoms with E-state index < -0.39 is 0 Å². The van der Waals surface area contributed by atoms with Crippen LogP contribution in [0.4, 0.5) is 5.82 Å².